The fourth-order valence-corrected chi connectivity index (χ4v) is 2.32. The predicted molar refractivity (Wildman–Crippen MR) is 67.2 cm³/mol. The molecule has 1 atom stereocenters. The van der Waals surface area contributed by atoms with Gasteiger partial charge in [-0.2, -0.15) is 0 Å². The van der Waals surface area contributed by atoms with E-state index in [1.165, 1.54) is 45.3 Å². The van der Waals surface area contributed by atoms with Crippen molar-refractivity contribution in [2.45, 2.75) is 52.5 Å². The van der Waals surface area contributed by atoms with Crippen LogP contribution in [0.4, 0.5) is 0 Å². The van der Waals surface area contributed by atoms with E-state index >= 15 is 0 Å². The predicted octanol–water partition coefficient (Wildman–Crippen LogP) is 2.50. The van der Waals surface area contributed by atoms with Gasteiger partial charge in [0.05, 0.1) is 0 Å². The molecule has 0 bridgehead atoms. The van der Waals surface area contributed by atoms with Crippen LogP contribution in [0, 0.1) is 5.92 Å². The highest BCUT2D eigenvalue weighted by Gasteiger charge is 2.21. The van der Waals surface area contributed by atoms with Crippen molar-refractivity contribution in [2.75, 3.05) is 26.2 Å². The minimum atomic E-state index is 0.803. The molecule has 0 saturated carbocycles. The molecule has 0 aromatic carbocycles. The molecule has 90 valence electrons. The molecule has 1 rings (SSSR count). The Balaban J connectivity index is 2.29. The third-order valence-corrected chi connectivity index (χ3v) is 3.37. The Labute approximate surface area is 95.4 Å². The number of rotatable bonds is 6. The van der Waals surface area contributed by atoms with Gasteiger partial charge in [0.25, 0.3) is 0 Å². The van der Waals surface area contributed by atoms with Crippen LogP contribution in [0.15, 0.2) is 0 Å². The molecule has 1 N–H and O–H groups in total. The highest BCUT2D eigenvalue weighted by molar-refractivity contribution is 4.78. The zero-order chi connectivity index (χ0) is 11.1. The van der Waals surface area contributed by atoms with E-state index in [0.717, 1.165) is 18.5 Å². The number of nitrogens with one attached hydrogen (secondary N) is 1. The third-order valence-electron chi connectivity index (χ3n) is 3.37. The van der Waals surface area contributed by atoms with Crippen LogP contribution >= 0.6 is 0 Å². The lowest BCUT2D eigenvalue weighted by molar-refractivity contribution is 0.139. The topological polar surface area (TPSA) is 15.3 Å². The van der Waals surface area contributed by atoms with Gasteiger partial charge in [-0.3, -0.25) is 4.90 Å². The Morgan fingerprint density at radius 3 is 2.80 bits per heavy atom. The van der Waals surface area contributed by atoms with Crippen molar-refractivity contribution in [1.29, 1.82) is 0 Å². The zero-order valence-electron chi connectivity index (χ0n) is 10.8. The molecule has 15 heavy (non-hydrogen) atoms. The van der Waals surface area contributed by atoms with Crippen LogP contribution in [-0.2, 0) is 0 Å². The molecule has 2 nitrogen and oxygen atoms in total. The maximum Gasteiger partial charge on any atom is 0.0220 e. The molecule has 1 aliphatic heterocycles. The van der Waals surface area contributed by atoms with Gasteiger partial charge < -0.3 is 5.32 Å². The van der Waals surface area contributed by atoms with Gasteiger partial charge in [-0.25, -0.2) is 0 Å². The van der Waals surface area contributed by atoms with Crippen molar-refractivity contribution < 1.29 is 0 Å². The fraction of sp³-hybridized carbons (Fsp3) is 1.00. The maximum absolute atomic E-state index is 3.49. The number of hydrogen-bond acceptors (Lipinski definition) is 2. The smallest absolute Gasteiger partial charge is 0.0220 e. The van der Waals surface area contributed by atoms with Crippen LogP contribution in [0.3, 0.4) is 0 Å². The first kappa shape index (κ1) is 13.0. The first-order valence-corrected chi connectivity index (χ1v) is 6.68. The summed E-state index contributed by atoms with van der Waals surface area (Å²) in [5.74, 6) is 0.840. The molecular weight excluding hydrogens is 184 g/mol. The van der Waals surface area contributed by atoms with E-state index in [1.807, 2.05) is 0 Å². The molecule has 1 fully saturated rings. The van der Waals surface area contributed by atoms with Crippen LogP contribution in [-0.4, -0.2) is 37.1 Å². The molecule has 1 unspecified atom stereocenters. The summed E-state index contributed by atoms with van der Waals surface area (Å²) >= 11 is 0. The quantitative estimate of drug-likeness (QED) is 0.728. The van der Waals surface area contributed by atoms with Crippen LogP contribution in [0.5, 0.6) is 0 Å². The van der Waals surface area contributed by atoms with E-state index in [0.29, 0.717) is 0 Å². The van der Waals surface area contributed by atoms with E-state index in [9.17, 15) is 0 Å². The Bertz CT molecular complexity index is 157. The summed E-state index contributed by atoms with van der Waals surface area (Å²) in [6.45, 7) is 11.8. The monoisotopic (exact) mass is 212 g/mol. The summed E-state index contributed by atoms with van der Waals surface area (Å²) in [6, 6.07) is 0.803. The van der Waals surface area contributed by atoms with Crippen molar-refractivity contribution >= 4 is 0 Å². The summed E-state index contributed by atoms with van der Waals surface area (Å²) < 4.78 is 0. The van der Waals surface area contributed by atoms with E-state index in [-0.39, 0.29) is 0 Å². The summed E-state index contributed by atoms with van der Waals surface area (Å²) in [6.07, 6.45) is 5.57. The molecule has 1 aliphatic rings. The lowest BCUT2D eigenvalue weighted by Gasteiger charge is -2.36. The van der Waals surface area contributed by atoms with Crippen LogP contribution in [0.2, 0.25) is 0 Å². The average Bonchev–Trinajstić information content (AvgIpc) is 2.24. The lowest BCUT2D eigenvalue weighted by Crippen LogP contribution is -2.46. The molecule has 2 heteroatoms. The van der Waals surface area contributed by atoms with Crippen molar-refractivity contribution in [3.8, 4) is 0 Å². The number of hydrogen-bond donors (Lipinski definition) is 1. The van der Waals surface area contributed by atoms with Gasteiger partial charge in [0.1, 0.15) is 0 Å². The first-order valence-electron chi connectivity index (χ1n) is 6.68. The Morgan fingerprint density at radius 1 is 1.33 bits per heavy atom. The highest BCUT2D eigenvalue weighted by atomic mass is 15.2. The molecule has 0 radical (unpaired) electrons. The van der Waals surface area contributed by atoms with Crippen molar-refractivity contribution in [3.05, 3.63) is 0 Å². The molecule has 1 saturated heterocycles. The van der Waals surface area contributed by atoms with Crippen molar-refractivity contribution in [2.24, 2.45) is 5.92 Å². The van der Waals surface area contributed by atoms with Gasteiger partial charge in [-0.1, -0.05) is 27.2 Å². The molecule has 0 aliphatic carbocycles. The average molecular weight is 212 g/mol. The van der Waals surface area contributed by atoms with E-state index in [4.69, 9.17) is 0 Å². The van der Waals surface area contributed by atoms with E-state index < -0.39 is 0 Å². The summed E-state index contributed by atoms with van der Waals surface area (Å²) in [5.41, 5.74) is 0. The van der Waals surface area contributed by atoms with Gasteiger partial charge in [-0.05, 0) is 44.8 Å². The Hall–Kier alpha value is -0.0800. The zero-order valence-corrected chi connectivity index (χ0v) is 10.8. The van der Waals surface area contributed by atoms with Crippen LogP contribution < -0.4 is 5.32 Å². The van der Waals surface area contributed by atoms with Crippen molar-refractivity contribution in [1.82, 2.24) is 10.2 Å². The molecule has 0 spiro atoms. The minimum Gasteiger partial charge on any atom is -0.315 e. The van der Waals surface area contributed by atoms with E-state index in [2.05, 4.69) is 31.0 Å². The minimum absolute atomic E-state index is 0.803. The summed E-state index contributed by atoms with van der Waals surface area (Å²) in [4.78, 5) is 2.70. The SMILES string of the molecule is CCNCC1CCCCN1CCC(C)C. The van der Waals surface area contributed by atoms with Gasteiger partial charge in [0.15, 0.2) is 0 Å². The van der Waals surface area contributed by atoms with Crippen LogP contribution in [0.1, 0.15) is 46.5 Å². The molecule has 1 heterocycles. The second kappa shape index (κ2) is 7.24. The second-order valence-corrected chi connectivity index (χ2v) is 5.18. The standard InChI is InChI=1S/C13H28N2/c1-4-14-11-13-7-5-6-9-15(13)10-8-12(2)3/h12-14H,4-11H2,1-3H3. The van der Waals surface area contributed by atoms with Crippen LogP contribution in [0.25, 0.3) is 0 Å². The number of likely N-dealkylation sites (tertiary alicyclic amines) is 1. The van der Waals surface area contributed by atoms with E-state index in [1.54, 1.807) is 0 Å². The highest BCUT2D eigenvalue weighted by Crippen LogP contribution is 2.17. The largest absolute Gasteiger partial charge is 0.315 e. The normalized spacial score (nSPS) is 23.6. The summed E-state index contributed by atoms with van der Waals surface area (Å²) in [5, 5.41) is 3.49. The number of nitrogens with zero attached hydrogens (tertiary/aromatic N) is 1. The van der Waals surface area contributed by atoms with Gasteiger partial charge in [-0.15, -0.1) is 0 Å². The molecule has 0 aromatic rings. The van der Waals surface area contributed by atoms with Gasteiger partial charge >= 0.3 is 0 Å². The fourth-order valence-electron chi connectivity index (χ4n) is 2.32. The Morgan fingerprint density at radius 2 is 2.13 bits per heavy atom. The molecule has 0 amide bonds. The lowest BCUT2D eigenvalue weighted by atomic mass is 10.0. The number of piperidine rings is 1. The van der Waals surface area contributed by atoms with Crippen molar-refractivity contribution in [3.63, 3.8) is 0 Å². The summed E-state index contributed by atoms with van der Waals surface area (Å²) in [7, 11) is 0. The molecule has 0 aromatic heterocycles. The third kappa shape index (κ3) is 4.98. The Kier molecular flexibility index (Phi) is 6.26. The number of likely N-dealkylation sites (N-methyl/N-ethyl adjacent to an activating group) is 1. The van der Waals surface area contributed by atoms with Gasteiger partial charge in [0, 0.05) is 12.6 Å². The molecular formula is C13H28N2. The van der Waals surface area contributed by atoms with Gasteiger partial charge in [0.2, 0.25) is 0 Å². The second-order valence-electron chi connectivity index (χ2n) is 5.18. The first-order chi connectivity index (χ1) is 7.24. The maximum atomic E-state index is 3.49.